The van der Waals surface area contributed by atoms with E-state index < -0.39 is 0 Å². The number of hydrogen-bond acceptors (Lipinski definition) is 5. The van der Waals surface area contributed by atoms with E-state index in [1.165, 1.54) is 5.56 Å². The summed E-state index contributed by atoms with van der Waals surface area (Å²) in [5, 5.41) is 13.3. The van der Waals surface area contributed by atoms with Crippen molar-refractivity contribution in [1.82, 2.24) is 14.9 Å². The average molecular weight is 352 g/mol. The summed E-state index contributed by atoms with van der Waals surface area (Å²) < 4.78 is 7.27. The second-order valence-electron chi connectivity index (χ2n) is 5.39. The molecule has 0 bridgehead atoms. The first-order valence-electron chi connectivity index (χ1n) is 8.19. The summed E-state index contributed by atoms with van der Waals surface area (Å²) in [5.74, 6) is 1.71. The van der Waals surface area contributed by atoms with E-state index in [1.54, 1.807) is 29.0 Å². The summed E-state index contributed by atoms with van der Waals surface area (Å²) in [5.41, 5.74) is 2.24. The average Bonchev–Trinajstić information content (AvgIpc) is 3.12. The van der Waals surface area contributed by atoms with Gasteiger partial charge in [0.2, 0.25) is 5.16 Å². The topological polar surface area (TPSA) is 52.3 Å². The SMILES string of the molecule is CCCOc1ccc(/C=N/n2cnnc2SCc2ccccc2)cc1. The predicted octanol–water partition coefficient (Wildman–Crippen LogP) is 4.24. The fourth-order valence-electron chi connectivity index (χ4n) is 2.11. The third-order valence-electron chi connectivity index (χ3n) is 3.40. The normalized spacial score (nSPS) is 11.1. The Kier molecular flexibility index (Phi) is 6.23. The fraction of sp³-hybridized carbons (Fsp3) is 0.211. The highest BCUT2D eigenvalue weighted by atomic mass is 32.2. The van der Waals surface area contributed by atoms with Crippen molar-refractivity contribution < 1.29 is 4.74 Å². The van der Waals surface area contributed by atoms with E-state index in [2.05, 4.69) is 34.4 Å². The van der Waals surface area contributed by atoms with E-state index >= 15 is 0 Å². The van der Waals surface area contributed by atoms with Crippen molar-refractivity contribution in [3.05, 3.63) is 72.1 Å². The molecule has 25 heavy (non-hydrogen) atoms. The van der Waals surface area contributed by atoms with Crippen LogP contribution in [-0.4, -0.2) is 27.7 Å². The summed E-state index contributed by atoms with van der Waals surface area (Å²) in [6.45, 7) is 2.82. The summed E-state index contributed by atoms with van der Waals surface area (Å²) in [6, 6.07) is 18.1. The van der Waals surface area contributed by atoms with Crippen LogP contribution in [0.25, 0.3) is 0 Å². The van der Waals surface area contributed by atoms with Crippen LogP contribution in [0.1, 0.15) is 24.5 Å². The molecule has 0 atom stereocenters. The molecule has 1 heterocycles. The minimum Gasteiger partial charge on any atom is -0.494 e. The molecule has 1 aromatic heterocycles. The van der Waals surface area contributed by atoms with E-state index in [0.29, 0.717) is 0 Å². The molecule has 0 aliphatic heterocycles. The number of aromatic nitrogens is 3. The summed E-state index contributed by atoms with van der Waals surface area (Å²) in [6.07, 6.45) is 4.41. The van der Waals surface area contributed by atoms with Crippen LogP contribution in [0.4, 0.5) is 0 Å². The number of benzene rings is 2. The van der Waals surface area contributed by atoms with Crippen LogP contribution in [-0.2, 0) is 5.75 Å². The zero-order valence-corrected chi connectivity index (χ0v) is 14.9. The van der Waals surface area contributed by atoms with Crippen molar-refractivity contribution in [2.24, 2.45) is 5.10 Å². The Balaban J connectivity index is 1.61. The molecule has 0 saturated heterocycles. The van der Waals surface area contributed by atoms with Crippen molar-refractivity contribution in [3.63, 3.8) is 0 Å². The summed E-state index contributed by atoms with van der Waals surface area (Å²) in [4.78, 5) is 0. The molecule has 5 nitrogen and oxygen atoms in total. The van der Waals surface area contributed by atoms with Crippen LogP contribution in [0.2, 0.25) is 0 Å². The lowest BCUT2D eigenvalue weighted by Crippen LogP contribution is -1.95. The van der Waals surface area contributed by atoms with Gasteiger partial charge in [0.05, 0.1) is 12.8 Å². The van der Waals surface area contributed by atoms with Crippen LogP contribution >= 0.6 is 11.8 Å². The molecule has 0 saturated carbocycles. The number of nitrogens with zero attached hydrogens (tertiary/aromatic N) is 4. The van der Waals surface area contributed by atoms with Crippen molar-refractivity contribution >= 4 is 18.0 Å². The van der Waals surface area contributed by atoms with Crippen LogP contribution < -0.4 is 4.74 Å². The van der Waals surface area contributed by atoms with E-state index in [0.717, 1.165) is 35.2 Å². The zero-order valence-electron chi connectivity index (χ0n) is 14.1. The third kappa shape index (κ3) is 5.19. The molecule has 0 fully saturated rings. The van der Waals surface area contributed by atoms with Gasteiger partial charge in [-0.15, -0.1) is 10.2 Å². The lowest BCUT2D eigenvalue weighted by molar-refractivity contribution is 0.317. The molecule has 2 aromatic carbocycles. The van der Waals surface area contributed by atoms with Crippen molar-refractivity contribution in [3.8, 4) is 5.75 Å². The predicted molar refractivity (Wildman–Crippen MR) is 101 cm³/mol. The Morgan fingerprint density at radius 1 is 1.12 bits per heavy atom. The maximum Gasteiger partial charge on any atom is 0.212 e. The van der Waals surface area contributed by atoms with Gasteiger partial charge in [0.25, 0.3) is 0 Å². The molecule has 3 rings (SSSR count). The molecule has 0 radical (unpaired) electrons. The van der Waals surface area contributed by atoms with E-state index in [9.17, 15) is 0 Å². The molecule has 0 unspecified atom stereocenters. The van der Waals surface area contributed by atoms with Crippen LogP contribution in [0.5, 0.6) is 5.75 Å². The Labute approximate surface area is 151 Å². The van der Waals surface area contributed by atoms with Gasteiger partial charge in [-0.2, -0.15) is 9.78 Å². The van der Waals surface area contributed by atoms with Crippen LogP contribution in [0.15, 0.2) is 71.2 Å². The maximum atomic E-state index is 5.58. The second-order valence-corrected chi connectivity index (χ2v) is 6.34. The van der Waals surface area contributed by atoms with Crippen molar-refractivity contribution in [2.75, 3.05) is 6.61 Å². The van der Waals surface area contributed by atoms with Gasteiger partial charge in [-0.3, -0.25) is 0 Å². The van der Waals surface area contributed by atoms with Crippen molar-refractivity contribution in [1.29, 1.82) is 0 Å². The monoisotopic (exact) mass is 352 g/mol. The Morgan fingerprint density at radius 2 is 1.92 bits per heavy atom. The highest BCUT2D eigenvalue weighted by Gasteiger charge is 2.04. The first kappa shape index (κ1) is 17.2. The molecular formula is C19H20N4OS. The fourth-order valence-corrected chi connectivity index (χ4v) is 2.93. The first-order chi connectivity index (χ1) is 12.3. The highest BCUT2D eigenvalue weighted by molar-refractivity contribution is 7.98. The van der Waals surface area contributed by atoms with E-state index in [4.69, 9.17) is 4.74 Å². The quantitative estimate of drug-likeness (QED) is 0.449. The molecule has 0 amide bonds. The van der Waals surface area contributed by atoms with Crippen LogP contribution in [0, 0.1) is 0 Å². The maximum absolute atomic E-state index is 5.58. The molecule has 0 N–H and O–H groups in total. The van der Waals surface area contributed by atoms with Gasteiger partial charge < -0.3 is 4.74 Å². The van der Waals surface area contributed by atoms with E-state index in [1.807, 2.05) is 42.5 Å². The first-order valence-corrected chi connectivity index (χ1v) is 9.17. The zero-order chi connectivity index (χ0) is 17.3. The largest absolute Gasteiger partial charge is 0.494 e. The summed E-state index contributed by atoms with van der Waals surface area (Å²) >= 11 is 1.61. The highest BCUT2D eigenvalue weighted by Crippen LogP contribution is 2.20. The van der Waals surface area contributed by atoms with Crippen LogP contribution in [0.3, 0.4) is 0 Å². The van der Waals surface area contributed by atoms with Gasteiger partial charge in [-0.25, -0.2) is 0 Å². The van der Waals surface area contributed by atoms with Gasteiger partial charge in [-0.1, -0.05) is 49.0 Å². The van der Waals surface area contributed by atoms with Gasteiger partial charge >= 0.3 is 0 Å². The lowest BCUT2D eigenvalue weighted by atomic mass is 10.2. The van der Waals surface area contributed by atoms with Gasteiger partial charge in [0.15, 0.2) is 0 Å². The Bertz CT molecular complexity index is 800. The van der Waals surface area contributed by atoms with E-state index in [-0.39, 0.29) is 0 Å². The molecular weight excluding hydrogens is 332 g/mol. The second kappa shape index (κ2) is 9.03. The minimum atomic E-state index is 0.732. The van der Waals surface area contributed by atoms with Gasteiger partial charge in [-0.05, 0) is 41.8 Å². The Hall–Kier alpha value is -2.60. The number of hydrogen-bond donors (Lipinski definition) is 0. The molecule has 6 heteroatoms. The van der Waals surface area contributed by atoms with Gasteiger partial charge in [0, 0.05) is 5.75 Å². The molecule has 0 spiro atoms. The number of rotatable bonds is 8. The standard InChI is InChI=1S/C19H20N4OS/c1-2-12-24-18-10-8-16(9-11-18)13-21-23-15-20-22-19(23)25-14-17-6-4-3-5-7-17/h3-11,13,15H,2,12,14H2,1H3/b21-13+. The molecule has 0 aliphatic carbocycles. The molecule has 128 valence electrons. The third-order valence-corrected chi connectivity index (χ3v) is 4.40. The Morgan fingerprint density at radius 3 is 2.68 bits per heavy atom. The smallest absolute Gasteiger partial charge is 0.212 e. The summed E-state index contributed by atoms with van der Waals surface area (Å²) in [7, 11) is 0. The number of thioether (sulfide) groups is 1. The van der Waals surface area contributed by atoms with Gasteiger partial charge in [0.1, 0.15) is 12.1 Å². The number of ether oxygens (including phenoxy) is 1. The molecule has 3 aromatic rings. The lowest BCUT2D eigenvalue weighted by Gasteiger charge is -2.04. The molecule has 0 aliphatic rings. The minimum absolute atomic E-state index is 0.732. The van der Waals surface area contributed by atoms with Crippen molar-refractivity contribution in [2.45, 2.75) is 24.3 Å².